The van der Waals surface area contributed by atoms with E-state index in [2.05, 4.69) is 29.2 Å². The minimum absolute atomic E-state index is 0.192. The van der Waals surface area contributed by atoms with Crippen LogP contribution in [0.5, 0.6) is 0 Å². The Labute approximate surface area is 134 Å². The van der Waals surface area contributed by atoms with Crippen molar-refractivity contribution < 1.29 is 9.53 Å². The molecule has 0 heterocycles. The largest absolute Gasteiger partial charge is 0.378 e. The van der Waals surface area contributed by atoms with Crippen LogP contribution in [0.2, 0.25) is 0 Å². The molecular weight excluding hydrogens is 274 g/mol. The maximum atomic E-state index is 12.6. The predicted molar refractivity (Wildman–Crippen MR) is 89.8 cm³/mol. The molecule has 3 heteroatoms. The van der Waals surface area contributed by atoms with Crippen molar-refractivity contribution >= 4 is 5.91 Å². The average Bonchev–Trinajstić information content (AvgIpc) is 3.02. The summed E-state index contributed by atoms with van der Waals surface area (Å²) in [4.78, 5) is 14.7. The monoisotopic (exact) mass is 303 g/mol. The topological polar surface area (TPSA) is 29.5 Å². The Morgan fingerprint density at radius 3 is 2.55 bits per heavy atom. The predicted octanol–water partition coefficient (Wildman–Crippen LogP) is 3.82. The van der Waals surface area contributed by atoms with E-state index >= 15 is 0 Å². The van der Waals surface area contributed by atoms with E-state index in [1.165, 1.54) is 18.4 Å². The fourth-order valence-corrected chi connectivity index (χ4v) is 3.15. The molecule has 0 radical (unpaired) electrons. The van der Waals surface area contributed by atoms with E-state index in [0.29, 0.717) is 19.1 Å². The van der Waals surface area contributed by atoms with Crippen LogP contribution in [-0.2, 0) is 16.0 Å². The second-order valence-corrected chi connectivity index (χ2v) is 6.43. The molecule has 2 rings (SSSR count). The van der Waals surface area contributed by atoms with Gasteiger partial charge in [0, 0.05) is 12.6 Å². The highest BCUT2D eigenvalue weighted by Gasteiger charge is 2.26. The molecule has 0 saturated heterocycles. The Bertz CT molecular complexity index is 438. The number of carbonyl (C=O) groups is 1. The Kier molecular flexibility index (Phi) is 6.91. The molecule has 1 aliphatic rings. The van der Waals surface area contributed by atoms with Gasteiger partial charge < -0.3 is 9.64 Å². The van der Waals surface area contributed by atoms with E-state index < -0.39 is 0 Å². The number of hydrogen-bond donors (Lipinski definition) is 0. The number of benzene rings is 1. The molecule has 3 nitrogen and oxygen atoms in total. The summed E-state index contributed by atoms with van der Waals surface area (Å²) in [5, 5.41) is 0. The van der Waals surface area contributed by atoms with Gasteiger partial charge in [-0.3, -0.25) is 4.79 Å². The Morgan fingerprint density at radius 1 is 1.23 bits per heavy atom. The summed E-state index contributed by atoms with van der Waals surface area (Å²) >= 11 is 0. The first-order chi connectivity index (χ1) is 10.7. The van der Waals surface area contributed by atoms with E-state index in [1.54, 1.807) is 0 Å². The molecule has 1 saturated carbocycles. The standard InChI is InChI=1S/C19H29NO2/c1-16(2)22-15-13-19(21)20(18-10-6-7-11-18)14-12-17-8-4-3-5-9-17/h3-5,8-9,16,18H,6-7,10-15H2,1-2H3. The van der Waals surface area contributed by atoms with Gasteiger partial charge in [0.05, 0.1) is 19.1 Å². The first-order valence-corrected chi connectivity index (χ1v) is 8.62. The van der Waals surface area contributed by atoms with Crippen LogP contribution in [-0.4, -0.2) is 36.1 Å². The third-order valence-electron chi connectivity index (χ3n) is 4.34. The number of ether oxygens (including phenoxy) is 1. The number of amides is 1. The van der Waals surface area contributed by atoms with Crippen molar-refractivity contribution in [3.05, 3.63) is 35.9 Å². The van der Waals surface area contributed by atoms with Crippen LogP contribution in [0, 0.1) is 0 Å². The Hall–Kier alpha value is -1.35. The molecule has 22 heavy (non-hydrogen) atoms. The summed E-state index contributed by atoms with van der Waals surface area (Å²) in [5.74, 6) is 0.253. The van der Waals surface area contributed by atoms with Gasteiger partial charge in [-0.15, -0.1) is 0 Å². The van der Waals surface area contributed by atoms with E-state index in [-0.39, 0.29) is 12.0 Å². The molecule has 1 aliphatic carbocycles. The summed E-state index contributed by atoms with van der Waals surface area (Å²) in [6.07, 6.45) is 6.45. The quantitative estimate of drug-likeness (QED) is 0.731. The molecule has 0 bridgehead atoms. The zero-order valence-corrected chi connectivity index (χ0v) is 14.0. The lowest BCUT2D eigenvalue weighted by molar-refractivity contribution is -0.134. The van der Waals surface area contributed by atoms with Gasteiger partial charge in [0.2, 0.25) is 5.91 Å². The second kappa shape index (κ2) is 8.94. The van der Waals surface area contributed by atoms with Crippen LogP contribution in [0.1, 0.15) is 51.5 Å². The number of nitrogens with zero attached hydrogens (tertiary/aromatic N) is 1. The van der Waals surface area contributed by atoms with Crippen LogP contribution < -0.4 is 0 Å². The summed E-state index contributed by atoms with van der Waals surface area (Å²) in [6.45, 7) is 5.38. The molecule has 0 unspecified atom stereocenters. The molecule has 122 valence electrons. The maximum Gasteiger partial charge on any atom is 0.225 e. The van der Waals surface area contributed by atoms with Gasteiger partial charge in [-0.2, -0.15) is 0 Å². The molecule has 0 aromatic heterocycles. The van der Waals surface area contributed by atoms with E-state index in [9.17, 15) is 4.79 Å². The smallest absolute Gasteiger partial charge is 0.225 e. The lowest BCUT2D eigenvalue weighted by Crippen LogP contribution is -2.40. The number of carbonyl (C=O) groups excluding carboxylic acids is 1. The molecule has 0 spiro atoms. The van der Waals surface area contributed by atoms with Crippen LogP contribution in [0.4, 0.5) is 0 Å². The highest BCUT2D eigenvalue weighted by molar-refractivity contribution is 5.76. The normalized spacial score (nSPS) is 15.4. The highest BCUT2D eigenvalue weighted by Crippen LogP contribution is 2.24. The zero-order valence-electron chi connectivity index (χ0n) is 14.0. The molecule has 1 amide bonds. The fraction of sp³-hybridized carbons (Fsp3) is 0.632. The van der Waals surface area contributed by atoms with Gasteiger partial charge >= 0.3 is 0 Å². The fourth-order valence-electron chi connectivity index (χ4n) is 3.15. The second-order valence-electron chi connectivity index (χ2n) is 6.43. The van der Waals surface area contributed by atoms with E-state index in [1.807, 2.05) is 19.9 Å². The SMILES string of the molecule is CC(C)OCCC(=O)N(CCc1ccccc1)C1CCCC1. The molecule has 1 fully saturated rings. The van der Waals surface area contributed by atoms with Gasteiger partial charge in [-0.1, -0.05) is 43.2 Å². The van der Waals surface area contributed by atoms with Crippen molar-refractivity contribution in [1.29, 1.82) is 0 Å². The minimum Gasteiger partial charge on any atom is -0.378 e. The first kappa shape index (κ1) is 17.0. The lowest BCUT2D eigenvalue weighted by atomic mass is 10.1. The van der Waals surface area contributed by atoms with Crippen LogP contribution in [0.25, 0.3) is 0 Å². The third-order valence-corrected chi connectivity index (χ3v) is 4.34. The van der Waals surface area contributed by atoms with Crippen molar-refractivity contribution in [2.45, 2.75) is 64.5 Å². The number of hydrogen-bond acceptors (Lipinski definition) is 2. The molecule has 1 aromatic carbocycles. The summed E-state index contributed by atoms with van der Waals surface area (Å²) in [7, 11) is 0. The number of rotatable bonds is 8. The van der Waals surface area contributed by atoms with E-state index in [4.69, 9.17) is 4.74 Å². The van der Waals surface area contributed by atoms with Gasteiger partial charge in [-0.05, 0) is 38.7 Å². The molecule has 0 N–H and O–H groups in total. The highest BCUT2D eigenvalue weighted by atomic mass is 16.5. The minimum atomic E-state index is 0.192. The van der Waals surface area contributed by atoms with Crippen molar-refractivity contribution in [3.63, 3.8) is 0 Å². The van der Waals surface area contributed by atoms with Crippen LogP contribution in [0.3, 0.4) is 0 Å². The average molecular weight is 303 g/mol. The Balaban J connectivity index is 1.89. The van der Waals surface area contributed by atoms with Crippen molar-refractivity contribution in [1.82, 2.24) is 4.90 Å². The van der Waals surface area contributed by atoms with Gasteiger partial charge in [0.15, 0.2) is 0 Å². The molecule has 0 aliphatic heterocycles. The van der Waals surface area contributed by atoms with Crippen molar-refractivity contribution in [2.75, 3.05) is 13.2 Å². The zero-order chi connectivity index (χ0) is 15.8. The van der Waals surface area contributed by atoms with Crippen molar-refractivity contribution in [2.24, 2.45) is 0 Å². The van der Waals surface area contributed by atoms with Crippen molar-refractivity contribution in [3.8, 4) is 0 Å². The summed E-state index contributed by atoms with van der Waals surface area (Å²) in [5.41, 5.74) is 1.30. The van der Waals surface area contributed by atoms with Gasteiger partial charge in [0.1, 0.15) is 0 Å². The maximum absolute atomic E-state index is 12.6. The van der Waals surface area contributed by atoms with Crippen LogP contribution >= 0.6 is 0 Å². The Morgan fingerprint density at radius 2 is 1.91 bits per heavy atom. The van der Waals surface area contributed by atoms with Gasteiger partial charge in [-0.25, -0.2) is 0 Å². The summed E-state index contributed by atoms with van der Waals surface area (Å²) < 4.78 is 5.54. The lowest BCUT2D eigenvalue weighted by Gasteiger charge is -2.29. The van der Waals surface area contributed by atoms with Crippen LogP contribution in [0.15, 0.2) is 30.3 Å². The molecule has 1 aromatic rings. The molecule has 0 atom stereocenters. The van der Waals surface area contributed by atoms with E-state index in [0.717, 1.165) is 25.8 Å². The first-order valence-electron chi connectivity index (χ1n) is 8.62. The third kappa shape index (κ3) is 5.45. The molecular formula is C19H29NO2. The van der Waals surface area contributed by atoms with Gasteiger partial charge in [0.25, 0.3) is 0 Å². The summed E-state index contributed by atoms with van der Waals surface area (Å²) in [6, 6.07) is 10.9.